The Hall–Kier alpha value is -6.51. The third kappa shape index (κ3) is 4.47. The van der Waals surface area contributed by atoms with Gasteiger partial charge in [0, 0.05) is 23.4 Å². The van der Waals surface area contributed by atoms with Gasteiger partial charge in [-0.2, -0.15) is 0 Å². The van der Waals surface area contributed by atoms with Gasteiger partial charge in [-0.25, -0.2) is 0 Å². The Balaban J connectivity index is 1.09. The van der Waals surface area contributed by atoms with Crippen LogP contribution >= 0.6 is 0 Å². The third-order valence-corrected chi connectivity index (χ3v) is 11.3. The molecule has 2 aliphatic carbocycles. The summed E-state index contributed by atoms with van der Waals surface area (Å²) >= 11 is 0. The Morgan fingerprint density at radius 2 is 1.12 bits per heavy atom. The molecule has 0 fully saturated rings. The summed E-state index contributed by atoms with van der Waals surface area (Å²) in [5.74, 6) is 0. The van der Waals surface area contributed by atoms with E-state index in [0.29, 0.717) is 0 Å². The topological polar surface area (TPSA) is 24.4 Å². The molecule has 1 atom stereocenters. The number of hydrogen-bond donors (Lipinski definition) is 1. The van der Waals surface area contributed by atoms with Gasteiger partial charge in [0.15, 0.2) is 0 Å². The van der Waals surface area contributed by atoms with Crippen LogP contribution in [0.15, 0.2) is 175 Å². The Morgan fingerprint density at radius 1 is 0.481 bits per heavy atom. The van der Waals surface area contributed by atoms with Crippen LogP contribution in [-0.4, -0.2) is 5.71 Å². The van der Waals surface area contributed by atoms with E-state index in [9.17, 15) is 0 Å². The molecule has 0 aromatic heterocycles. The van der Waals surface area contributed by atoms with E-state index in [1.54, 1.807) is 0 Å². The highest BCUT2D eigenvalue weighted by Crippen LogP contribution is 2.52. The van der Waals surface area contributed by atoms with E-state index in [4.69, 9.17) is 4.99 Å². The van der Waals surface area contributed by atoms with Gasteiger partial charge in [0.1, 0.15) is 6.17 Å². The predicted molar refractivity (Wildman–Crippen MR) is 217 cm³/mol. The van der Waals surface area contributed by atoms with Crippen molar-refractivity contribution in [2.24, 2.45) is 4.99 Å². The second-order valence-corrected chi connectivity index (χ2v) is 14.2. The van der Waals surface area contributed by atoms with Crippen LogP contribution in [0.3, 0.4) is 0 Å². The number of rotatable bonds is 4. The summed E-state index contributed by atoms with van der Waals surface area (Å²) in [6.45, 7) is 0. The lowest BCUT2D eigenvalue weighted by Crippen LogP contribution is -2.18. The Kier molecular flexibility index (Phi) is 6.47. The molecule has 1 aliphatic heterocycles. The van der Waals surface area contributed by atoms with E-state index >= 15 is 0 Å². The van der Waals surface area contributed by atoms with Crippen LogP contribution in [0.2, 0.25) is 0 Å². The Morgan fingerprint density at radius 3 is 1.94 bits per heavy atom. The van der Waals surface area contributed by atoms with Gasteiger partial charge in [0.25, 0.3) is 0 Å². The van der Waals surface area contributed by atoms with Gasteiger partial charge in [0.2, 0.25) is 0 Å². The van der Waals surface area contributed by atoms with Gasteiger partial charge < -0.3 is 5.32 Å². The first-order valence-corrected chi connectivity index (χ1v) is 18.3. The Bertz CT molecular complexity index is 2790. The molecule has 8 aromatic carbocycles. The number of hydrogen-bond acceptors (Lipinski definition) is 2. The highest BCUT2D eigenvalue weighted by molar-refractivity contribution is 6.20. The van der Waals surface area contributed by atoms with E-state index < -0.39 is 0 Å². The molecule has 0 saturated carbocycles. The molecule has 2 heteroatoms. The van der Waals surface area contributed by atoms with Gasteiger partial charge >= 0.3 is 0 Å². The van der Waals surface area contributed by atoms with Crippen LogP contribution in [0.25, 0.3) is 71.7 Å². The second kappa shape index (κ2) is 11.5. The highest BCUT2D eigenvalue weighted by atomic mass is 15.1. The normalized spacial score (nSPS) is 15.3. The maximum absolute atomic E-state index is 5.61. The van der Waals surface area contributed by atoms with E-state index in [0.717, 1.165) is 29.8 Å². The molecule has 244 valence electrons. The monoisotopic (exact) mass is 662 g/mol. The lowest BCUT2D eigenvalue weighted by molar-refractivity contribution is 0.674. The van der Waals surface area contributed by atoms with Crippen molar-refractivity contribution < 1.29 is 0 Å². The molecule has 2 nitrogen and oxygen atoms in total. The first-order chi connectivity index (χ1) is 25.8. The van der Waals surface area contributed by atoms with Crippen molar-refractivity contribution in [3.63, 3.8) is 0 Å². The van der Waals surface area contributed by atoms with Crippen LogP contribution < -0.4 is 5.32 Å². The van der Waals surface area contributed by atoms with Crippen LogP contribution in [-0.2, 0) is 6.42 Å². The summed E-state index contributed by atoms with van der Waals surface area (Å²) in [7, 11) is 0. The molecule has 0 spiro atoms. The van der Waals surface area contributed by atoms with Gasteiger partial charge in [-0.3, -0.25) is 4.99 Å². The largest absolute Gasteiger partial charge is 0.360 e. The summed E-state index contributed by atoms with van der Waals surface area (Å²) in [5, 5.41) is 8.99. The van der Waals surface area contributed by atoms with Crippen LogP contribution in [0.1, 0.15) is 40.4 Å². The third-order valence-electron chi connectivity index (χ3n) is 11.3. The summed E-state index contributed by atoms with van der Waals surface area (Å²) < 4.78 is 0. The fourth-order valence-corrected chi connectivity index (χ4v) is 8.98. The number of nitrogens with one attached hydrogen (secondary N) is 1. The number of fused-ring (bicyclic) bond motifs is 7. The van der Waals surface area contributed by atoms with Gasteiger partial charge in [0.05, 0.1) is 0 Å². The zero-order valence-corrected chi connectivity index (χ0v) is 28.6. The predicted octanol–water partition coefficient (Wildman–Crippen LogP) is 12.4. The van der Waals surface area contributed by atoms with Crippen molar-refractivity contribution in [1.82, 2.24) is 5.32 Å². The van der Waals surface area contributed by atoms with Crippen molar-refractivity contribution in [3.05, 3.63) is 198 Å². The number of aliphatic imine (C=N–C) groups is 1. The molecular weight excluding hydrogens is 629 g/mol. The lowest BCUT2D eigenvalue weighted by atomic mass is 9.87. The molecule has 52 heavy (non-hydrogen) atoms. The summed E-state index contributed by atoms with van der Waals surface area (Å²) in [5.41, 5.74) is 19.1. The van der Waals surface area contributed by atoms with E-state index in [1.165, 1.54) is 88.3 Å². The molecule has 0 saturated heterocycles. The van der Waals surface area contributed by atoms with Crippen LogP contribution in [0.5, 0.6) is 0 Å². The molecule has 0 bridgehead atoms. The van der Waals surface area contributed by atoms with Crippen molar-refractivity contribution in [2.75, 3.05) is 0 Å². The van der Waals surface area contributed by atoms with Gasteiger partial charge in [-0.15, -0.1) is 0 Å². The Labute approximate surface area is 303 Å². The minimum Gasteiger partial charge on any atom is -0.360 e. The second-order valence-electron chi connectivity index (χ2n) is 14.2. The fourth-order valence-electron chi connectivity index (χ4n) is 8.98. The quantitative estimate of drug-likeness (QED) is 0.199. The summed E-state index contributed by atoms with van der Waals surface area (Å²) in [4.78, 5) is 5.61. The molecule has 3 aliphatic rings. The van der Waals surface area contributed by atoms with Crippen molar-refractivity contribution >= 4 is 33.0 Å². The maximum atomic E-state index is 5.61. The average Bonchev–Trinajstić information content (AvgIpc) is 3.66. The molecule has 1 unspecified atom stereocenters. The van der Waals surface area contributed by atoms with Crippen molar-refractivity contribution in [1.29, 1.82) is 0 Å². The van der Waals surface area contributed by atoms with E-state index in [1.807, 2.05) is 0 Å². The molecule has 11 rings (SSSR count). The first kappa shape index (κ1) is 29.2. The number of benzene rings is 8. The smallest absolute Gasteiger partial charge is 0.145 e. The summed E-state index contributed by atoms with van der Waals surface area (Å²) in [6.07, 6.45) is 3.74. The lowest BCUT2D eigenvalue weighted by Gasteiger charge is -2.20. The van der Waals surface area contributed by atoms with Gasteiger partial charge in [-0.05, 0) is 101 Å². The van der Waals surface area contributed by atoms with Crippen LogP contribution in [0.4, 0.5) is 0 Å². The van der Waals surface area contributed by atoms with E-state index in [-0.39, 0.29) is 6.17 Å². The zero-order chi connectivity index (χ0) is 34.2. The van der Waals surface area contributed by atoms with E-state index in [2.05, 4.69) is 175 Å². The molecule has 1 heterocycles. The van der Waals surface area contributed by atoms with Crippen molar-refractivity contribution in [3.8, 4) is 44.5 Å². The fraction of sp³-hybridized carbons (Fsp3) is 0.0600. The first-order valence-electron chi connectivity index (χ1n) is 18.3. The molecule has 0 radical (unpaired) electrons. The van der Waals surface area contributed by atoms with Crippen LogP contribution in [0, 0.1) is 0 Å². The molecular formula is C50H34N2. The maximum Gasteiger partial charge on any atom is 0.145 e. The minimum atomic E-state index is -0.237. The highest BCUT2D eigenvalue weighted by Gasteiger charge is 2.29. The standard InChI is InChI=1S/C50H34N2/c1-2-12-32(13-3-1)45-27-28-46(52-50(51-45)36-24-23-31-11-4-5-14-33(31)29-36)44-22-9-16-35-30-34-15-8-19-40(47(34)48(35)44)39-25-26-43-38-18-7-6-17-37(38)41-20-10-21-42(39)49(41)43/h1-27,29,50-51H,28,30H2. The minimum absolute atomic E-state index is 0.237. The SMILES string of the molecule is C1=C(c2ccccc2)NC(c2ccc3ccccc3c2)N=C(c2cccc3c2-c2c(cccc2-c2ccc4c5c(cccc25)-c2ccccc2-4)C3)C1. The number of allylic oxidation sites excluding steroid dienone is 1. The number of nitrogens with zero attached hydrogens (tertiary/aromatic N) is 1. The molecule has 1 N–H and O–H groups in total. The summed E-state index contributed by atoms with van der Waals surface area (Å²) in [6, 6.07) is 60.1. The molecule has 0 amide bonds. The van der Waals surface area contributed by atoms with Crippen molar-refractivity contribution in [2.45, 2.75) is 19.0 Å². The molecule has 8 aromatic rings. The zero-order valence-electron chi connectivity index (χ0n) is 28.6. The van der Waals surface area contributed by atoms with Gasteiger partial charge in [-0.1, -0.05) is 164 Å². The average molecular weight is 663 g/mol.